The fraction of sp³-hybridized carbons (Fsp3) is 0.0556. The number of H-pyrrole nitrogens is 1. The van der Waals surface area contributed by atoms with Crippen LogP contribution in [0.5, 0.6) is 11.5 Å². The van der Waals surface area contributed by atoms with Gasteiger partial charge < -0.3 is 15.2 Å². The van der Waals surface area contributed by atoms with E-state index in [0.717, 1.165) is 10.9 Å². The molecule has 0 saturated heterocycles. The second-order valence-electron chi connectivity index (χ2n) is 5.66. The van der Waals surface area contributed by atoms with Crippen LogP contribution >= 0.6 is 0 Å². The second-order valence-corrected chi connectivity index (χ2v) is 5.66. The number of phenols is 2. The zero-order valence-corrected chi connectivity index (χ0v) is 13.3. The number of nitrogens with zero attached hydrogens (tertiary/aromatic N) is 3. The van der Waals surface area contributed by atoms with Gasteiger partial charge in [0, 0.05) is 22.5 Å². The predicted molar refractivity (Wildman–Crippen MR) is 95.4 cm³/mol. The highest BCUT2D eigenvalue weighted by molar-refractivity contribution is 6.04. The molecule has 0 aliphatic heterocycles. The van der Waals surface area contributed by atoms with Crippen LogP contribution in [0.2, 0.25) is 0 Å². The normalized spacial score (nSPS) is 11.7. The number of hydrogen-bond donors (Lipinski definition) is 3. The van der Waals surface area contributed by atoms with Gasteiger partial charge in [0.05, 0.1) is 6.21 Å². The molecule has 4 rings (SSSR count). The summed E-state index contributed by atoms with van der Waals surface area (Å²) in [6.07, 6.45) is 1.35. The highest BCUT2D eigenvalue weighted by Crippen LogP contribution is 2.22. The summed E-state index contributed by atoms with van der Waals surface area (Å²) in [7, 11) is 0. The topological polar surface area (TPSA) is 104 Å². The number of fused-ring (bicyclic) bond motifs is 3. The van der Waals surface area contributed by atoms with Gasteiger partial charge in [-0.25, -0.2) is 4.98 Å². The third-order valence-electron chi connectivity index (χ3n) is 3.99. The van der Waals surface area contributed by atoms with Gasteiger partial charge in [0.1, 0.15) is 28.4 Å². The first-order valence-corrected chi connectivity index (χ1v) is 7.61. The summed E-state index contributed by atoms with van der Waals surface area (Å²) in [6, 6.07) is 11.7. The minimum absolute atomic E-state index is 0.0517. The SMILES string of the molecule is Cc1nc2c([nH]c3ccccc32)c(=O)n1/N=C/c1ccc(O)cc1O. The van der Waals surface area contributed by atoms with Crippen LogP contribution in [0.4, 0.5) is 0 Å². The highest BCUT2D eigenvalue weighted by Gasteiger charge is 2.12. The molecule has 7 nitrogen and oxygen atoms in total. The Balaban J connectivity index is 1.88. The van der Waals surface area contributed by atoms with Crippen molar-refractivity contribution in [2.45, 2.75) is 6.92 Å². The maximum absolute atomic E-state index is 12.8. The van der Waals surface area contributed by atoms with E-state index in [-0.39, 0.29) is 17.1 Å². The lowest BCUT2D eigenvalue weighted by Crippen LogP contribution is -2.20. The summed E-state index contributed by atoms with van der Waals surface area (Å²) in [5.74, 6) is 0.245. The fourth-order valence-electron chi connectivity index (χ4n) is 2.76. The third kappa shape index (κ3) is 2.42. The number of para-hydroxylation sites is 1. The molecule has 2 aromatic heterocycles. The van der Waals surface area contributed by atoms with E-state index in [1.807, 2.05) is 24.3 Å². The predicted octanol–water partition coefficient (Wildman–Crippen LogP) is 2.48. The number of hydrogen-bond acceptors (Lipinski definition) is 5. The van der Waals surface area contributed by atoms with Crippen molar-refractivity contribution in [2.24, 2.45) is 5.10 Å². The lowest BCUT2D eigenvalue weighted by Gasteiger charge is -2.04. The maximum Gasteiger partial charge on any atom is 0.298 e. The molecule has 0 bridgehead atoms. The van der Waals surface area contributed by atoms with E-state index < -0.39 is 0 Å². The minimum Gasteiger partial charge on any atom is -0.508 e. The highest BCUT2D eigenvalue weighted by atomic mass is 16.3. The van der Waals surface area contributed by atoms with Crippen LogP contribution in [0.1, 0.15) is 11.4 Å². The summed E-state index contributed by atoms with van der Waals surface area (Å²) in [6.45, 7) is 1.69. The van der Waals surface area contributed by atoms with E-state index in [0.29, 0.717) is 22.4 Å². The number of benzene rings is 2. The number of aromatic nitrogens is 3. The molecule has 3 N–H and O–H groups in total. The first kappa shape index (κ1) is 14.9. The Hall–Kier alpha value is -3.61. The molecule has 7 heteroatoms. The number of rotatable bonds is 2. The van der Waals surface area contributed by atoms with E-state index in [1.54, 1.807) is 6.92 Å². The number of nitrogens with one attached hydrogen (secondary N) is 1. The molecule has 124 valence electrons. The lowest BCUT2D eigenvalue weighted by atomic mass is 10.2. The third-order valence-corrected chi connectivity index (χ3v) is 3.99. The summed E-state index contributed by atoms with van der Waals surface area (Å²) < 4.78 is 1.17. The molecule has 0 amide bonds. The monoisotopic (exact) mass is 334 g/mol. The van der Waals surface area contributed by atoms with E-state index in [2.05, 4.69) is 15.1 Å². The number of aromatic amines is 1. The number of phenolic OH excluding ortho intramolecular Hbond substituents is 2. The average molecular weight is 334 g/mol. The minimum atomic E-state index is -0.326. The van der Waals surface area contributed by atoms with Crippen molar-refractivity contribution in [3.05, 3.63) is 64.2 Å². The second kappa shape index (κ2) is 5.48. The molecule has 0 aliphatic rings. The Morgan fingerprint density at radius 2 is 2.00 bits per heavy atom. The first-order chi connectivity index (χ1) is 12.0. The van der Waals surface area contributed by atoms with E-state index in [9.17, 15) is 15.0 Å². The summed E-state index contributed by atoms with van der Waals surface area (Å²) in [4.78, 5) is 20.3. The Kier molecular flexibility index (Phi) is 3.28. The van der Waals surface area contributed by atoms with Gasteiger partial charge in [-0.2, -0.15) is 9.78 Å². The molecule has 2 heterocycles. The van der Waals surface area contributed by atoms with Crippen molar-refractivity contribution >= 4 is 28.2 Å². The molecule has 25 heavy (non-hydrogen) atoms. The zero-order chi connectivity index (χ0) is 17.6. The van der Waals surface area contributed by atoms with Gasteiger partial charge in [-0.3, -0.25) is 4.79 Å². The molecule has 0 saturated carbocycles. The first-order valence-electron chi connectivity index (χ1n) is 7.61. The smallest absolute Gasteiger partial charge is 0.298 e. The van der Waals surface area contributed by atoms with Gasteiger partial charge in [0.2, 0.25) is 0 Å². The largest absolute Gasteiger partial charge is 0.508 e. The molecular formula is C18H14N4O3. The fourth-order valence-corrected chi connectivity index (χ4v) is 2.76. The van der Waals surface area contributed by atoms with Crippen LogP contribution in [0.3, 0.4) is 0 Å². The lowest BCUT2D eigenvalue weighted by molar-refractivity contribution is 0.450. The number of aryl methyl sites for hydroxylation is 1. The Bertz CT molecular complexity index is 1200. The molecule has 0 spiro atoms. The van der Waals surface area contributed by atoms with Crippen LogP contribution in [0.15, 0.2) is 52.4 Å². The van der Waals surface area contributed by atoms with Crippen molar-refractivity contribution in [3.63, 3.8) is 0 Å². The molecule has 0 fully saturated rings. The zero-order valence-electron chi connectivity index (χ0n) is 13.3. The van der Waals surface area contributed by atoms with E-state index in [4.69, 9.17) is 0 Å². The molecule has 0 radical (unpaired) electrons. The van der Waals surface area contributed by atoms with Crippen LogP contribution in [0, 0.1) is 6.92 Å². The Labute approximate surface area is 141 Å². The van der Waals surface area contributed by atoms with Crippen LogP contribution in [0.25, 0.3) is 21.9 Å². The quantitative estimate of drug-likeness (QED) is 0.490. The van der Waals surface area contributed by atoms with Crippen molar-refractivity contribution in [1.29, 1.82) is 0 Å². The molecule has 4 aromatic rings. The average Bonchev–Trinajstić information content (AvgIpc) is 2.95. The summed E-state index contributed by atoms with van der Waals surface area (Å²) in [5, 5.41) is 24.2. The van der Waals surface area contributed by atoms with Crippen LogP contribution < -0.4 is 5.56 Å². The van der Waals surface area contributed by atoms with Crippen LogP contribution in [-0.2, 0) is 0 Å². The molecule has 0 aliphatic carbocycles. The summed E-state index contributed by atoms with van der Waals surface area (Å²) >= 11 is 0. The Morgan fingerprint density at radius 1 is 1.20 bits per heavy atom. The van der Waals surface area contributed by atoms with Gasteiger partial charge in [0.15, 0.2) is 0 Å². The van der Waals surface area contributed by atoms with Crippen molar-refractivity contribution < 1.29 is 10.2 Å². The standard InChI is InChI=1S/C18H14N4O3/c1-10-20-16-13-4-2-3-5-14(13)21-17(16)18(25)22(10)19-9-11-6-7-12(23)8-15(11)24/h2-9,21,23-24H,1H3/b19-9+. The molecular weight excluding hydrogens is 320 g/mol. The molecule has 2 aromatic carbocycles. The van der Waals surface area contributed by atoms with Gasteiger partial charge in [0.25, 0.3) is 5.56 Å². The maximum atomic E-state index is 12.8. The van der Waals surface area contributed by atoms with Gasteiger partial charge in [-0.15, -0.1) is 0 Å². The van der Waals surface area contributed by atoms with Crippen LogP contribution in [-0.4, -0.2) is 31.1 Å². The Morgan fingerprint density at radius 3 is 2.80 bits per heavy atom. The van der Waals surface area contributed by atoms with E-state index in [1.165, 1.54) is 29.1 Å². The molecule has 0 atom stereocenters. The van der Waals surface area contributed by atoms with E-state index >= 15 is 0 Å². The number of aromatic hydroxyl groups is 2. The van der Waals surface area contributed by atoms with Gasteiger partial charge in [-0.1, -0.05) is 18.2 Å². The van der Waals surface area contributed by atoms with Crippen molar-refractivity contribution in [2.75, 3.05) is 0 Å². The summed E-state index contributed by atoms with van der Waals surface area (Å²) in [5.41, 5.74) is 1.87. The van der Waals surface area contributed by atoms with Crippen molar-refractivity contribution in [1.82, 2.24) is 14.6 Å². The van der Waals surface area contributed by atoms with Gasteiger partial charge >= 0.3 is 0 Å². The van der Waals surface area contributed by atoms with Crippen molar-refractivity contribution in [3.8, 4) is 11.5 Å². The molecule has 0 unspecified atom stereocenters. The van der Waals surface area contributed by atoms with Gasteiger partial charge in [-0.05, 0) is 25.1 Å².